The minimum absolute atomic E-state index is 0.373. The van der Waals surface area contributed by atoms with E-state index in [2.05, 4.69) is 29.9 Å². The maximum atomic E-state index is 12.2. The van der Waals surface area contributed by atoms with Gasteiger partial charge in [0, 0.05) is 51.1 Å². The highest BCUT2D eigenvalue weighted by atomic mass is 35.5. The van der Waals surface area contributed by atoms with Gasteiger partial charge in [-0.15, -0.1) is 0 Å². The summed E-state index contributed by atoms with van der Waals surface area (Å²) < 4.78 is 16.5. The Morgan fingerprint density at radius 1 is 0.971 bits per heavy atom. The van der Waals surface area contributed by atoms with Crippen molar-refractivity contribution in [2.24, 2.45) is 4.36 Å². The van der Waals surface area contributed by atoms with Crippen molar-refractivity contribution in [2.45, 2.75) is 0 Å². The number of hydrogen-bond acceptors (Lipinski definition) is 7. The molecule has 0 bridgehead atoms. The number of pyridine rings is 1. The van der Waals surface area contributed by atoms with E-state index < -0.39 is 9.73 Å². The third-order valence-electron chi connectivity index (χ3n) is 5.09. The summed E-state index contributed by atoms with van der Waals surface area (Å²) in [5.74, 6) is 1.02. The molecule has 0 fully saturated rings. The molecule has 0 atom stereocenters. The standard InChI is InChI=1S/C25H22ClN7OS/c1-35(2,34)33-16-10-11-21(22(13-16)30-23-9-5-6-12-27-23)31-25-29-15-19(26)24(32-25)18-14-28-20-8-4-3-7-17(18)20/h3-15,28H,1-2H3,(H,27,30)(H,29,31,32). The molecule has 0 aliphatic heterocycles. The Morgan fingerprint density at radius 3 is 2.60 bits per heavy atom. The third-order valence-corrected chi connectivity index (χ3v) is 6.02. The van der Waals surface area contributed by atoms with Crippen LogP contribution >= 0.6 is 11.6 Å². The van der Waals surface area contributed by atoms with E-state index in [4.69, 9.17) is 16.6 Å². The quantitative estimate of drug-likeness (QED) is 0.243. The van der Waals surface area contributed by atoms with E-state index in [1.165, 1.54) is 0 Å². The van der Waals surface area contributed by atoms with E-state index >= 15 is 0 Å². The zero-order valence-electron chi connectivity index (χ0n) is 19.0. The van der Waals surface area contributed by atoms with Gasteiger partial charge in [0.25, 0.3) is 0 Å². The predicted molar refractivity (Wildman–Crippen MR) is 144 cm³/mol. The smallest absolute Gasteiger partial charge is 0.227 e. The van der Waals surface area contributed by atoms with Crippen LogP contribution in [0.2, 0.25) is 5.02 Å². The Labute approximate surface area is 208 Å². The van der Waals surface area contributed by atoms with Crippen LogP contribution in [0.3, 0.4) is 0 Å². The number of benzene rings is 2. The number of halogens is 1. The second-order valence-electron chi connectivity index (χ2n) is 8.11. The zero-order valence-corrected chi connectivity index (χ0v) is 20.6. The number of hydrogen-bond donors (Lipinski definition) is 3. The van der Waals surface area contributed by atoms with Gasteiger partial charge >= 0.3 is 0 Å². The predicted octanol–water partition coefficient (Wildman–Crippen LogP) is 6.52. The van der Waals surface area contributed by atoms with Gasteiger partial charge in [-0.2, -0.15) is 4.36 Å². The molecule has 0 radical (unpaired) electrons. The topological polar surface area (TPSA) is 108 Å². The van der Waals surface area contributed by atoms with Gasteiger partial charge in [-0.3, -0.25) is 0 Å². The lowest BCUT2D eigenvalue weighted by molar-refractivity contribution is 0.684. The van der Waals surface area contributed by atoms with Crippen molar-refractivity contribution in [3.63, 3.8) is 0 Å². The van der Waals surface area contributed by atoms with Crippen molar-refractivity contribution in [3.8, 4) is 11.3 Å². The average Bonchev–Trinajstić information content (AvgIpc) is 3.26. The van der Waals surface area contributed by atoms with Crippen LogP contribution in [0, 0.1) is 0 Å². The largest absolute Gasteiger partial charge is 0.360 e. The molecular weight excluding hydrogens is 482 g/mol. The molecule has 3 N–H and O–H groups in total. The van der Waals surface area contributed by atoms with E-state index in [0.717, 1.165) is 16.5 Å². The van der Waals surface area contributed by atoms with Crippen molar-refractivity contribution >= 4 is 61.1 Å². The van der Waals surface area contributed by atoms with Gasteiger partial charge in [-0.25, -0.2) is 19.2 Å². The molecule has 8 nitrogen and oxygen atoms in total. The van der Waals surface area contributed by atoms with Crippen molar-refractivity contribution in [1.82, 2.24) is 19.9 Å². The third kappa shape index (κ3) is 5.26. The van der Waals surface area contributed by atoms with E-state index in [1.54, 1.807) is 37.0 Å². The number of aromatic amines is 1. The molecule has 10 heteroatoms. The Bertz CT molecular complexity index is 1630. The summed E-state index contributed by atoms with van der Waals surface area (Å²) in [6, 6.07) is 19.0. The molecule has 0 spiro atoms. The second kappa shape index (κ2) is 9.36. The fourth-order valence-corrected chi connectivity index (χ4v) is 4.45. The number of nitrogens with one attached hydrogen (secondary N) is 3. The summed E-state index contributed by atoms with van der Waals surface area (Å²) in [5, 5.41) is 8.01. The minimum atomic E-state index is -2.32. The normalized spacial score (nSPS) is 11.4. The summed E-state index contributed by atoms with van der Waals surface area (Å²) in [6.45, 7) is 0. The number of fused-ring (bicyclic) bond motifs is 1. The Kier molecular flexibility index (Phi) is 6.10. The number of nitrogens with zero attached hydrogens (tertiary/aromatic N) is 4. The molecule has 0 saturated carbocycles. The highest BCUT2D eigenvalue weighted by Crippen LogP contribution is 2.35. The van der Waals surface area contributed by atoms with Crippen LogP contribution in [0.4, 0.5) is 28.8 Å². The molecule has 3 heterocycles. The number of aromatic nitrogens is 4. The first-order chi connectivity index (χ1) is 16.9. The molecule has 2 aromatic carbocycles. The first-order valence-corrected chi connectivity index (χ1v) is 13.4. The number of anilines is 4. The lowest BCUT2D eigenvalue weighted by Crippen LogP contribution is -2.02. The van der Waals surface area contributed by atoms with E-state index in [1.807, 2.05) is 54.7 Å². The highest BCUT2D eigenvalue weighted by Gasteiger charge is 2.14. The van der Waals surface area contributed by atoms with E-state index in [-0.39, 0.29) is 0 Å². The van der Waals surface area contributed by atoms with Gasteiger partial charge in [0.05, 0.1) is 34.0 Å². The average molecular weight is 504 g/mol. The van der Waals surface area contributed by atoms with Crippen LogP contribution < -0.4 is 10.6 Å². The maximum absolute atomic E-state index is 12.2. The number of para-hydroxylation sites is 1. The van der Waals surface area contributed by atoms with Crippen LogP contribution in [0.1, 0.15) is 0 Å². The van der Waals surface area contributed by atoms with E-state index in [0.29, 0.717) is 39.5 Å². The van der Waals surface area contributed by atoms with Crippen molar-refractivity contribution in [1.29, 1.82) is 0 Å². The lowest BCUT2D eigenvalue weighted by atomic mass is 10.1. The monoisotopic (exact) mass is 503 g/mol. The zero-order chi connectivity index (χ0) is 24.4. The summed E-state index contributed by atoms with van der Waals surface area (Å²) in [7, 11) is -2.32. The van der Waals surface area contributed by atoms with Gasteiger partial charge in [-0.1, -0.05) is 35.9 Å². The Balaban J connectivity index is 1.54. The van der Waals surface area contributed by atoms with Gasteiger partial charge < -0.3 is 15.6 Å². The van der Waals surface area contributed by atoms with Gasteiger partial charge in [0.1, 0.15) is 5.82 Å². The van der Waals surface area contributed by atoms with Crippen molar-refractivity contribution in [3.05, 3.63) is 84.3 Å². The van der Waals surface area contributed by atoms with Gasteiger partial charge in [0.15, 0.2) is 0 Å². The van der Waals surface area contributed by atoms with Gasteiger partial charge in [-0.05, 0) is 36.4 Å². The summed E-state index contributed by atoms with van der Waals surface area (Å²) in [5.41, 5.74) is 4.46. The molecule has 176 valence electrons. The molecule has 0 aliphatic rings. The van der Waals surface area contributed by atoms with Crippen molar-refractivity contribution < 1.29 is 4.21 Å². The van der Waals surface area contributed by atoms with Crippen LogP contribution in [0.5, 0.6) is 0 Å². The van der Waals surface area contributed by atoms with Gasteiger partial charge in [0.2, 0.25) is 5.95 Å². The molecular formula is C25H22ClN7OS. The number of rotatable bonds is 6. The summed E-state index contributed by atoms with van der Waals surface area (Å²) >= 11 is 6.48. The molecule has 0 saturated heterocycles. The SMILES string of the molecule is CS(C)(=O)=Nc1ccc(Nc2ncc(Cl)c(-c3c[nH]c4ccccc34)n2)c(Nc2ccccn2)c1. The fourth-order valence-electron chi connectivity index (χ4n) is 3.63. The maximum Gasteiger partial charge on any atom is 0.227 e. The fraction of sp³-hybridized carbons (Fsp3) is 0.0800. The number of H-pyrrole nitrogens is 1. The molecule has 35 heavy (non-hydrogen) atoms. The van der Waals surface area contributed by atoms with Crippen LogP contribution in [0.15, 0.2) is 83.6 Å². The van der Waals surface area contributed by atoms with Crippen molar-refractivity contribution in [2.75, 3.05) is 23.1 Å². The highest BCUT2D eigenvalue weighted by molar-refractivity contribution is 7.92. The van der Waals surface area contributed by atoms with E-state index in [9.17, 15) is 4.21 Å². The first kappa shape index (κ1) is 22.8. The molecule has 0 amide bonds. The second-order valence-corrected chi connectivity index (χ2v) is 11.1. The molecule has 0 aliphatic carbocycles. The molecule has 5 aromatic rings. The molecule has 3 aromatic heterocycles. The first-order valence-electron chi connectivity index (χ1n) is 10.7. The lowest BCUT2D eigenvalue weighted by Gasteiger charge is -2.14. The Hall–Kier alpha value is -3.95. The summed E-state index contributed by atoms with van der Waals surface area (Å²) in [6.07, 6.45) is 8.36. The summed E-state index contributed by atoms with van der Waals surface area (Å²) in [4.78, 5) is 16.7. The minimum Gasteiger partial charge on any atom is -0.360 e. The van der Waals surface area contributed by atoms with Crippen LogP contribution in [-0.4, -0.2) is 36.7 Å². The molecule has 5 rings (SSSR count). The van der Waals surface area contributed by atoms with Crippen LogP contribution in [0.25, 0.3) is 22.2 Å². The molecule has 0 unspecified atom stereocenters. The van der Waals surface area contributed by atoms with Crippen LogP contribution in [-0.2, 0) is 9.73 Å². The Morgan fingerprint density at radius 2 is 1.80 bits per heavy atom.